The van der Waals surface area contributed by atoms with Crippen LogP contribution in [0.15, 0.2) is 0 Å². The molecule has 1 aliphatic rings. The van der Waals surface area contributed by atoms with Gasteiger partial charge in [-0.1, -0.05) is 0 Å². The van der Waals surface area contributed by atoms with Crippen molar-refractivity contribution in [2.24, 2.45) is 5.73 Å². The molecule has 0 radical (unpaired) electrons. The third-order valence-corrected chi connectivity index (χ3v) is 3.59. The summed E-state index contributed by atoms with van der Waals surface area (Å²) in [4.78, 5) is 14.3. The highest BCUT2D eigenvalue weighted by Crippen LogP contribution is 2.25. The van der Waals surface area contributed by atoms with Gasteiger partial charge >= 0.3 is 0 Å². The molecule has 4 nitrogen and oxygen atoms in total. The minimum absolute atomic E-state index is 0.0542. The molecule has 94 valence electrons. The number of carbonyl (C=O) groups is 1. The largest absolute Gasteiger partial charge is 0.351 e. The van der Waals surface area contributed by atoms with Gasteiger partial charge in [0, 0.05) is 24.7 Å². The Balaban J connectivity index is 2.55. The van der Waals surface area contributed by atoms with Crippen molar-refractivity contribution in [1.82, 2.24) is 10.2 Å². The standard InChI is InChI=1S/C12H25N3O/c1-8(7-13)14-12(16)11(4)15-9(2)5-6-10(15)3/h8-11H,5-7,13H2,1-4H3,(H,14,16)/t8-,9?,10?,11?/m1/s1. The Kier molecular flexibility index (Phi) is 4.74. The lowest BCUT2D eigenvalue weighted by molar-refractivity contribution is -0.127. The molecule has 1 saturated heterocycles. The van der Waals surface area contributed by atoms with Gasteiger partial charge in [0.15, 0.2) is 0 Å². The predicted octanol–water partition coefficient (Wildman–Crippen LogP) is 0.711. The van der Waals surface area contributed by atoms with Gasteiger partial charge in [-0.2, -0.15) is 0 Å². The van der Waals surface area contributed by atoms with Gasteiger partial charge in [0.2, 0.25) is 5.91 Å². The number of nitrogens with one attached hydrogen (secondary N) is 1. The number of nitrogens with two attached hydrogens (primary N) is 1. The summed E-state index contributed by atoms with van der Waals surface area (Å²) in [5, 5.41) is 2.94. The molecule has 4 heteroatoms. The van der Waals surface area contributed by atoms with E-state index in [2.05, 4.69) is 24.1 Å². The molecule has 0 saturated carbocycles. The first-order valence-electron chi connectivity index (χ1n) is 6.25. The Morgan fingerprint density at radius 3 is 2.31 bits per heavy atom. The van der Waals surface area contributed by atoms with Gasteiger partial charge in [-0.15, -0.1) is 0 Å². The van der Waals surface area contributed by atoms with Crippen molar-refractivity contribution in [1.29, 1.82) is 0 Å². The highest BCUT2D eigenvalue weighted by molar-refractivity contribution is 5.81. The predicted molar refractivity (Wildman–Crippen MR) is 66.1 cm³/mol. The summed E-state index contributed by atoms with van der Waals surface area (Å²) in [6.45, 7) is 8.79. The third-order valence-electron chi connectivity index (χ3n) is 3.59. The molecule has 0 aromatic heterocycles. The maximum atomic E-state index is 12.0. The normalized spacial score (nSPS) is 30.1. The topological polar surface area (TPSA) is 58.4 Å². The zero-order chi connectivity index (χ0) is 12.3. The van der Waals surface area contributed by atoms with E-state index in [0.29, 0.717) is 18.6 Å². The van der Waals surface area contributed by atoms with E-state index in [1.54, 1.807) is 0 Å². The summed E-state index contributed by atoms with van der Waals surface area (Å²) in [6.07, 6.45) is 2.37. The van der Waals surface area contributed by atoms with Gasteiger partial charge in [-0.05, 0) is 40.5 Å². The van der Waals surface area contributed by atoms with Crippen LogP contribution in [0, 0.1) is 0 Å². The molecular weight excluding hydrogens is 202 g/mol. The lowest BCUT2D eigenvalue weighted by atomic mass is 10.2. The van der Waals surface area contributed by atoms with E-state index in [4.69, 9.17) is 5.73 Å². The lowest BCUT2D eigenvalue weighted by Crippen LogP contribution is -2.51. The van der Waals surface area contributed by atoms with Crippen LogP contribution in [0.25, 0.3) is 0 Å². The summed E-state index contributed by atoms with van der Waals surface area (Å²) >= 11 is 0. The fourth-order valence-electron chi connectivity index (χ4n) is 2.54. The molecule has 0 aliphatic carbocycles. The van der Waals surface area contributed by atoms with Crippen molar-refractivity contribution >= 4 is 5.91 Å². The Labute approximate surface area is 98.6 Å². The van der Waals surface area contributed by atoms with E-state index in [1.807, 2.05) is 13.8 Å². The fourth-order valence-corrected chi connectivity index (χ4v) is 2.54. The SMILES string of the molecule is CC1CCC(C)N1C(C)C(=O)N[C@H](C)CN. The quantitative estimate of drug-likeness (QED) is 0.743. The Bertz CT molecular complexity index is 234. The molecule has 0 bridgehead atoms. The van der Waals surface area contributed by atoms with Crippen molar-refractivity contribution in [2.45, 2.75) is 64.7 Å². The number of amides is 1. The minimum Gasteiger partial charge on any atom is -0.351 e. The first-order valence-corrected chi connectivity index (χ1v) is 6.25. The summed E-state index contributed by atoms with van der Waals surface area (Å²) < 4.78 is 0. The third kappa shape index (κ3) is 2.95. The maximum Gasteiger partial charge on any atom is 0.237 e. The molecule has 16 heavy (non-hydrogen) atoms. The second-order valence-electron chi connectivity index (χ2n) is 5.04. The molecule has 1 amide bonds. The molecule has 0 aromatic carbocycles. The molecule has 3 unspecified atom stereocenters. The van der Waals surface area contributed by atoms with Gasteiger partial charge in [-0.3, -0.25) is 9.69 Å². The van der Waals surface area contributed by atoms with Crippen molar-refractivity contribution in [3.05, 3.63) is 0 Å². The van der Waals surface area contributed by atoms with Crippen molar-refractivity contribution < 1.29 is 4.79 Å². The van der Waals surface area contributed by atoms with Gasteiger partial charge in [-0.25, -0.2) is 0 Å². The van der Waals surface area contributed by atoms with Gasteiger partial charge in [0.1, 0.15) is 0 Å². The fraction of sp³-hybridized carbons (Fsp3) is 0.917. The molecular formula is C12H25N3O. The molecule has 1 fully saturated rings. The number of rotatable bonds is 4. The molecule has 3 N–H and O–H groups in total. The van der Waals surface area contributed by atoms with Crippen LogP contribution in [-0.2, 0) is 4.79 Å². The van der Waals surface area contributed by atoms with Crippen LogP contribution in [0.4, 0.5) is 0 Å². The molecule has 1 heterocycles. The lowest BCUT2D eigenvalue weighted by Gasteiger charge is -2.32. The second kappa shape index (κ2) is 5.64. The summed E-state index contributed by atoms with van der Waals surface area (Å²) in [7, 11) is 0. The van der Waals surface area contributed by atoms with Crippen LogP contribution < -0.4 is 11.1 Å². The van der Waals surface area contributed by atoms with Crippen LogP contribution in [0.5, 0.6) is 0 Å². The Morgan fingerprint density at radius 2 is 1.88 bits per heavy atom. The highest BCUT2D eigenvalue weighted by Gasteiger charge is 2.34. The van der Waals surface area contributed by atoms with E-state index in [1.165, 1.54) is 12.8 Å². The van der Waals surface area contributed by atoms with E-state index in [-0.39, 0.29) is 18.0 Å². The van der Waals surface area contributed by atoms with E-state index in [0.717, 1.165) is 0 Å². The number of hydrogen-bond donors (Lipinski definition) is 2. The number of carbonyl (C=O) groups excluding carboxylic acids is 1. The van der Waals surface area contributed by atoms with Crippen LogP contribution in [0.2, 0.25) is 0 Å². The van der Waals surface area contributed by atoms with Crippen LogP contribution in [0.1, 0.15) is 40.5 Å². The first kappa shape index (κ1) is 13.5. The zero-order valence-electron chi connectivity index (χ0n) is 10.9. The molecule has 0 spiro atoms. The van der Waals surface area contributed by atoms with E-state index in [9.17, 15) is 4.79 Å². The average Bonchev–Trinajstić information content (AvgIpc) is 2.57. The maximum absolute atomic E-state index is 12.0. The monoisotopic (exact) mass is 227 g/mol. The molecule has 1 rings (SSSR count). The van der Waals surface area contributed by atoms with Crippen LogP contribution in [-0.4, -0.2) is 41.5 Å². The average molecular weight is 227 g/mol. The van der Waals surface area contributed by atoms with E-state index >= 15 is 0 Å². The molecule has 1 aliphatic heterocycles. The second-order valence-corrected chi connectivity index (χ2v) is 5.04. The number of nitrogens with zero attached hydrogens (tertiary/aromatic N) is 1. The minimum atomic E-state index is -0.0542. The van der Waals surface area contributed by atoms with Crippen LogP contribution >= 0.6 is 0 Å². The smallest absolute Gasteiger partial charge is 0.237 e. The van der Waals surface area contributed by atoms with Crippen molar-refractivity contribution in [2.75, 3.05) is 6.54 Å². The summed E-state index contributed by atoms with van der Waals surface area (Å²) in [6, 6.07) is 1.01. The van der Waals surface area contributed by atoms with Crippen LogP contribution in [0.3, 0.4) is 0 Å². The van der Waals surface area contributed by atoms with Crippen molar-refractivity contribution in [3.63, 3.8) is 0 Å². The molecule has 4 atom stereocenters. The van der Waals surface area contributed by atoms with Gasteiger partial charge in [0.05, 0.1) is 6.04 Å². The van der Waals surface area contributed by atoms with Gasteiger partial charge < -0.3 is 11.1 Å². The van der Waals surface area contributed by atoms with E-state index < -0.39 is 0 Å². The van der Waals surface area contributed by atoms with Gasteiger partial charge in [0.25, 0.3) is 0 Å². The Morgan fingerprint density at radius 1 is 1.38 bits per heavy atom. The zero-order valence-corrected chi connectivity index (χ0v) is 10.9. The highest BCUT2D eigenvalue weighted by atomic mass is 16.2. The molecule has 0 aromatic rings. The Hall–Kier alpha value is -0.610. The number of hydrogen-bond acceptors (Lipinski definition) is 3. The summed E-state index contributed by atoms with van der Waals surface area (Å²) in [5.74, 6) is 0.0959. The summed E-state index contributed by atoms with van der Waals surface area (Å²) in [5.41, 5.74) is 5.50. The number of likely N-dealkylation sites (tertiary alicyclic amines) is 1. The van der Waals surface area contributed by atoms with Crippen molar-refractivity contribution in [3.8, 4) is 0 Å². The first-order chi connectivity index (χ1) is 7.47.